The molecule has 0 bridgehead atoms. The minimum atomic E-state index is -0.795. The molecule has 2 amide bonds. The number of benzene rings is 3. The number of amides is 2. The second-order valence-corrected chi connectivity index (χ2v) is 10.7. The van der Waals surface area contributed by atoms with E-state index in [0.29, 0.717) is 43.7 Å². The zero-order valence-corrected chi connectivity index (χ0v) is 23.8. The van der Waals surface area contributed by atoms with Crippen molar-refractivity contribution in [3.8, 4) is 0 Å². The Labute approximate surface area is 241 Å². The molecule has 212 valence electrons. The van der Waals surface area contributed by atoms with Crippen LogP contribution in [0.1, 0.15) is 47.7 Å². The first-order valence-corrected chi connectivity index (χ1v) is 14.5. The Morgan fingerprint density at radius 1 is 1.05 bits per heavy atom. The van der Waals surface area contributed by atoms with Crippen LogP contribution < -0.4 is 20.9 Å². The second kappa shape index (κ2) is 14.8. The zero-order valence-electron chi connectivity index (χ0n) is 23.0. The van der Waals surface area contributed by atoms with Crippen molar-refractivity contribution in [3.63, 3.8) is 0 Å². The van der Waals surface area contributed by atoms with Gasteiger partial charge in [-0.1, -0.05) is 54.1 Å². The van der Waals surface area contributed by atoms with Crippen molar-refractivity contribution in [3.05, 3.63) is 94.5 Å². The Hall–Kier alpha value is -3.39. The first kappa shape index (κ1) is 29.6. The van der Waals surface area contributed by atoms with Crippen LogP contribution in [0.5, 0.6) is 0 Å². The van der Waals surface area contributed by atoms with Crippen LogP contribution in [0.25, 0.3) is 0 Å². The standard InChI is InChI=1S/C32H39ClN4O3/c1-2-35-27-19-25(20-28(21-27)37-17-7-11-31(37)39)32(40)36-29(18-24-8-4-3-5-9-24)30(38)22-34-16-6-10-23-12-14-26(33)15-13-23/h3-5,8-9,12-15,19-21,29-30,34-35,38H,2,6-7,10-11,16-18,22H2,1H3,(H,36,40)/t29-,30-/m0/s1. The predicted molar refractivity (Wildman–Crippen MR) is 162 cm³/mol. The van der Waals surface area contributed by atoms with Gasteiger partial charge in [-0.05, 0) is 80.6 Å². The predicted octanol–water partition coefficient (Wildman–Crippen LogP) is 4.82. The van der Waals surface area contributed by atoms with Crippen molar-refractivity contribution in [1.29, 1.82) is 0 Å². The minimum Gasteiger partial charge on any atom is -0.390 e. The lowest BCUT2D eigenvalue weighted by molar-refractivity contribution is -0.117. The maximum absolute atomic E-state index is 13.5. The number of aryl methyl sites for hydroxylation is 1. The molecule has 0 saturated carbocycles. The van der Waals surface area contributed by atoms with E-state index in [-0.39, 0.29) is 11.8 Å². The highest BCUT2D eigenvalue weighted by atomic mass is 35.5. The molecule has 7 nitrogen and oxygen atoms in total. The number of halogens is 1. The summed E-state index contributed by atoms with van der Waals surface area (Å²) in [5.41, 5.74) is 4.20. The molecule has 4 N–H and O–H groups in total. The normalized spacial score (nSPS) is 14.7. The number of hydrogen-bond donors (Lipinski definition) is 4. The first-order chi connectivity index (χ1) is 19.4. The fraction of sp³-hybridized carbons (Fsp3) is 0.375. The molecule has 8 heteroatoms. The van der Waals surface area contributed by atoms with Gasteiger partial charge in [-0.15, -0.1) is 0 Å². The molecular formula is C32H39ClN4O3. The summed E-state index contributed by atoms with van der Waals surface area (Å²) >= 11 is 5.97. The molecule has 40 heavy (non-hydrogen) atoms. The van der Waals surface area contributed by atoms with E-state index in [1.165, 1.54) is 5.56 Å². The Morgan fingerprint density at radius 3 is 2.52 bits per heavy atom. The fourth-order valence-corrected chi connectivity index (χ4v) is 5.12. The maximum atomic E-state index is 13.5. The lowest BCUT2D eigenvalue weighted by Crippen LogP contribution is -2.49. The third-order valence-corrected chi connectivity index (χ3v) is 7.36. The van der Waals surface area contributed by atoms with Gasteiger partial charge in [0.2, 0.25) is 5.91 Å². The monoisotopic (exact) mass is 562 g/mol. The molecule has 4 rings (SSSR count). The third kappa shape index (κ3) is 8.55. The number of carbonyl (C=O) groups excluding carboxylic acids is 2. The second-order valence-electron chi connectivity index (χ2n) is 10.2. The van der Waals surface area contributed by atoms with Crippen LogP contribution in [-0.4, -0.2) is 55.2 Å². The summed E-state index contributed by atoms with van der Waals surface area (Å²) in [4.78, 5) is 27.7. The van der Waals surface area contributed by atoms with Crippen LogP contribution in [-0.2, 0) is 17.6 Å². The van der Waals surface area contributed by atoms with E-state index in [9.17, 15) is 14.7 Å². The number of rotatable bonds is 14. The molecule has 1 aliphatic rings. The minimum absolute atomic E-state index is 0.0690. The van der Waals surface area contributed by atoms with Crippen molar-refractivity contribution in [2.24, 2.45) is 0 Å². The van der Waals surface area contributed by atoms with Gasteiger partial charge in [0.25, 0.3) is 5.91 Å². The fourth-order valence-electron chi connectivity index (χ4n) is 4.99. The van der Waals surface area contributed by atoms with Gasteiger partial charge in [0, 0.05) is 48.0 Å². The molecule has 0 unspecified atom stereocenters. The zero-order chi connectivity index (χ0) is 28.3. The topological polar surface area (TPSA) is 93.7 Å². The smallest absolute Gasteiger partial charge is 0.251 e. The molecule has 2 atom stereocenters. The molecule has 1 heterocycles. The lowest BCUT2D eigenvalue weighted by atomic mass is 10.00. The molecule has 1 saturated heterocycles. The molecular weight excluding hydrogens is 524 g/mol. The van der Waals surface area contributed by atoms with Gasteiger partial charge in [0.1, 0.15) is 0 Å². The summed E-state index contributed by atoms with van der Waals surface area (Å²) in [6.07, 6.45) is 2.85. The summed E-state index contributed by atoms with van der Waals surface area (Å²) in [6.45, 7) is 4.42. The Bertz CT molecular complexity index is 1250. The average molecular weight is 563 g/mol. The molecule has 1 fully saturated rings. The van der Waals surface area contributed by atoms with Crippen LogP contribution in [0.15, 0.2) is 72.8 Å². The van der Waals surface area contributed by atoms with E-state index < -0.39 is 12.1 Å². The lowest BCUT2D eigenvalue weighted by Gasteiger charge is -2.25. The van der Waals surface area contributed by atoms with Crippen molar-refractivity contribution in [2.75, 3.05) is 36.4 Å². The van der Waals surface area contributed by atoms with E-state index in [4.69, 9.17) is 11.6 Å². The van der Waals surface area contributed by atoms with Gasteiger partial charge >= 0.3 is 0 Å². The Balaban J connectivity index is 1.42. The van der Waals surface area contributed by atoms with E-state index in [2.05, 4.69) is 16.0 Å². The van der Waals surface area contributed by atoms with Crippen LogP contribution in [0.3, 0.4) is 0 Å². The summed E-state index contributed by atoms with van der Waals surface area (Å²) in [5, 5.41) is 21.6. The van der Waals surface area contributed by atoms with Gasteiger partial charge in [0.15, 0.2) is 0 Å². The van der Waals surface area contributed by atoms with E-state index >= 15 is 0 Å². The summed E-state index contributed by atoms with van der Waals surface area (Å²) in [7, 11) is 0. The average Bonchev–Trinajstić information content (AvgIpc) is 3.39. The van der Waals surface area contributed by atoms with Crippen molar-refractivity contribution < 1.29 is 14.7 Å². The summed E-state index contributed by atoms with van der Waals surface area (Å²) in [5.74, 6) is -0.213. The summed E-state index contributed by atoms with van der Waals surface area (Å²) in [6, 6.07) is 22.7. The third-order valence-electron chi connectivity index (χ3n) is 7.11. The van der Waals surface area contributed by atoms with Gasteiger partial charge in [-0.2, -0.15) is 0 Å². The molecule has 0 radical (unpaired) electrons. The maximum Gasteiger partial charge on any atom is 0.251 e. The number of hydrogen-bond acceptors (Lipinski definition) is 5. The van der Waals surface area contributed by atoms with Crippen LogP contribution in [0.4, 0.5) is 11.4 Å². The highest BCUT2D eigenvalue weighted by Gasteiger charge is 2.25. The number of carbonyl (C=O) groups is 2. The van der Waals surface area contributed by atoms with E-state index in [1.807, 2.05) is 67.6 Å². The van der Waals surface area contributed by atoms with Crippen LogP contribution in [0.2, 0.25) is 5.02 Å². The van der Waals surface area contributed by atoms with Crippen LogP contribution in [0, 0.1) is 0 Å². The van der Waals surface area contributed by atoms with Gasteiger partial charge in [-0.25, -0.2) is 0 Å². The number of nitrogens with zero attached hydrogens (tertiary/aromatic N) is 1. The number of aliphatic hydroxyl groups is 1. The van der Waals surface area contributed by atoms with Crippen molar-refractivity contribution >= 4 is 34.8 Å². The molecule has 3 aromatic rings. The van der Waals surface area contributed by atoms with E-state index in [1.54, 1.807) is 17.0 Å². The molecule has 3 aromatic carbocycles. The number of aliphatic hydroxyl groups excluding tert-OH is 1. The van der Waals surface area contributed by atoms with Crippen molar-refractivity contribution in [2.45, 2.75) is 51.2 Å². The molecule has 0 spiro atoms. The Morgan fingerprint density at radius 2 is 1.82 bits per heavy atom. The molecule has 1 aliphatic heterocycles. The summed E-state index contributed by atoms with van der Waals surface area (Å²) < 4.78 is 0. The van der Waals surface area contributed by atoms with Gasteiger partial charge in [0.05, 0.1) is 12.1 Å². The highest BCUT2D eigenvalue weighted by Crippen LogP contribution is 2.27. The molecule has 0 aromatic heterocycles. The Kier molecular flexibility index (Phi) is 11.0. The van der Waals surface area contributed by atoms with E-state index in [0.717, 1.165) is 42.1 Å². The number of anilines is 2. The van der Waals surface area contributed by atoms with Crippen LogP contribution >= 0.6 is 11.6 Å². The highest BCUT2D eigenvalue weighted by molar-refractivity contribution is 6.30. The largest absolute Gasteiger partial charge is 0.390 e. The van der Waals surface area contributed by atoms with Gasteiger partial charge < -0.3 is 26.0 Å². The quantitative estimate of drug-likeness (QED) is 0.211. The number of nitrogens with one attached hydrogen (secondary N) is 3. The first-order valence-electron chi connectivity index (χ1n) is 14.1. The van der Waals surface area contributed by atoms with Crippen molar-refractivity contribution in [1.82, 2.24) is 10.6 Å². The van der Waals surface area contributed by atoms with Gasteiger partial charge in [-0.3, -0.25) is 9.59 Å². The SMILES string of the molecule is CCNc1cc(C(=O)N[C@@H](Cc2ccccc2)[C@@H](O)CNCCCc2ccc(Cl)cc2)cc(N2CCCC2=O)c1. The molecule has 0 aliphatic carbocycles.